The van der Waals surface area contributed by atoms with E-state index in [1.54, 1.807) is 25.6 Å². The molecule has 0 spiro atoms. The predicted octanol–water partition coefficient (Wildman–Crippen LogP) is 2.23. The van der Waals surface area contributed by atoms with Crippen LogP contribution in [0.15, 0.2) is 49.1 Å². The van der Waals surface area contributed by atoms with Gasteiger partial charge < -0.3 is 9.64 Å². The lowest BCUT2D eigenvalue weighted by Gasteiger charge is -2.38. The van der Waals surface area contributed by atoms with Gasteiger partial charge in [0.25, 0.3) is 5.91 Å². The number of piperidine rings is 1. The molecule has 1 saturated heterocycles. The van der Waals surface area contributed by atoms with E-state index >= 15 is 0 Å². The molecule has 0 aromatic carbocycles. The number of ether oxygens (including phenoxy) is 1. The molecular formula is C20H26N4O2. The Kier molecular flexibility index (Phi) is 6.68. The van der Waals surface area contributed by atoms with E-state index in [0.29, 0.717) is 18.7 Å². The highest BCUT2D eigenvalue weighted by atomic mass is 16.5. The van der Waals surface area contributed by atoms with Gasteiger partial charge in [0.15, 0.2) is 0 Å². The van der Waals surface area contributed by atoms with Crippen LogP contribution in [0.3, 0.4) is 0 Å². The lowest BCUT2D eigenvalue weighted by molar-refractivity contribution is 0.0478. The van der Waals surface area contributed by atoms with E-state index in [0.717, 1.165) is 32.5 Å². The largest absolute Gasteiger partial charge is 0.383 e. The maximum atomic E-state index is 12.9. The fourth-order valence-electron chi connectivity index (χ4n) is 3.43. The molecule has 1 fully saturated rings. The summed E-state index contributed by atoms with van der Waals surface area (Å²) in [5.41, 5.74) is 1.92. The van der Waals surface area contributed by atoms with Gasteiger partial charge in [-0.05, 0) is 42.7 Å². The van der Waals surface area contributed by atoms with Gasteiger partial charge in [0.1, 0.15) is 0 Å². The first kappa shape index (κ1) is 18.5. The molecule has 138 valence electrons. The van der Waals surface area contributed by atoms with Crippen LogP contribution in [0.25, 0.3) is 0 Å². The second-order valence-corrected chi connectivity index (χ2v) is 6.60. The Bertz CT molecular complexity index is 673. The summed E-state index contributed by atoms with van der Waals surface area (Å²) >= 11 is 0. The topological polar surface area (TPSA) is 58.6 Å². The first-order valence-electron chi connectivity index (χ1n) is 9.09. The molecule has 3 heterocycles. The maximum Gasteiger partial charge on any atom is 0.255 e. The van der Waals surface area contributed by atoms with Crippen LogP contribution >= 0.6 is 0 Å². The standard InChI is InChI=1S/C20H26N4O2/c1-26-14-13-24(20(25)18-3-2-8-22-15-18)19-6-11-23(12-7-19)16-17-4-9-21-10-5-17/h2-5,8-10,15,19H,6-7,11-14,16H2,1H3. The van der Waals surface area contributed by atoms with Crippen LogP contribution in [-0.2, 0) is 11.3 Å². The molecule has 0 saturated carbocycles. The van der Waals surface area contributed by atoms with Crippen LogP contribution in [0.2, 0.25) is 0 Å². The predicted molar refractivity (Wildman–Crippen MR) is 99.7 cm³/mol. The van der Waals surface area contributed by atoms with Crippen molar-refractivity contribution in [3.63, 3.8) is 0 Å². The van der Waals surface area contributed by atoms with E-state index in [2.05, 4.69) is 27.0 Å². The van der Waals surface area contributed by atoms with Crippen molar-refractivity contribution in [2.24, 2.45) is 0 Å². The highest BCUT2D eigenvalue weighted by Crippen LogP contribution is 2.20. The van der Waals surface area contributed by atoms with Gasteiger partial charge in [-0.25, -0.2) is 0 Å². The Labute approximate surface area is 154 Å². The minimum absolute atomic E-state index is 0.0442. The number of methoxy groups -OCH3 is 1. The van der Waals surface area contributed by atoms with E-state index in [4.69, 9.17) is 4.74 Å². The number of rotatable bonds is 7. The van der Waals surface area contributed by atoms with Gasteiger partial charge in [0, 0.05) is 64.1 Å². The van der Waals surface area contributed by atoms with Crippen LogP contribution in [-0.4, -0.2) is 65.1 Å². The number of amides is 1. The van der Waals surface area contributed by atoms with Crippen LogP contribution in [0.4, 0.5) is 0 Å². The van der Waals surface area contributed by atoms with Gasteiger partial charge >= 0.3 is 0 Å². The van der Waals surface area contributed by atoms with E-state index in [-0.39, 0.29) is 11.9 Å². The third-order valence-electron chi connectivity index (χ3n) is 4.86. The van der Waals surface area contributed by atoms with Crippen LogP contribution < -0.4 is 0 Å². The SMILES string of the molecule is COCCN(C(=O)c1cccnc1)C1CCN(Cc2ccncc2)CC1. The molecule has 0 aliphatic carbocycles. The minimum Gasteiger partial charge on any atom is -0.383 e. The summed E-state index contributed by atoms with van der Waals surface area (Å²) in [5, 5.41) is 0. The number of aromatic nitrogens is 2. The number of hydrogen-bond donors (Lipinski definition) is 0. The molecule has 0 N–H and O–H groups in total. The van der Waals surface area contributed by atoms with Crippen molar-refractivity contribution < 1.29 is 9.53 Å². The van der Waals surface area contributed by atoms with Crippen molar-refractivity contribution in [2.45, 2.75) is 25.4 Å². The molecule has 0 unspecified atom stereocenters. The van der Waals surface area contributed by atoms with Crippen molar-refractivity contribution in [2.75, 3.05) is 33.4 Å². The van der Waals surface area contributed by atoms with Gasteiger partial charge in [0.05, 0.1) is 12.2 Å². The monoisotopic (exact) mass is 354 g/mol. The summed E-state index contributed by atoms with van der Waals surface area (Å²) in [6, 6.07) is 7.99. The Morgan fingerprint density at radius 1 is 1.19 bits per heavy atom. The second kappa shape index (κ2) is 9.40. The van der Waals surface area contributed by atoms with Crippen LogP contribution in [0.1, 0.15) is 28.8 Å². The summed E-state index contributed by atoms with van der Waals surface area (Å²) < 4.78 is 5.22. The molecule has 1 aliphatic rings. The highest BCUT2D eigenvalue weighted by molar-refractivity contribution is 5.94. The van der Waals surface area contributed by atoms with E-state index in [1.807, 2.05) is 23.4 Å². The van der Waals surface area contributed by atoms with Gasteiger partial charge in [-0.15, -0.1) is 0 Å². The molecule has 1 amide bonds. The van der Waals surface area contributed by atoms with Crippen molar-refractivity contribution in [3.8, 4) is 0 Å². The Hall–Kier alpha value is -2.31. The molecule has 6 heteroatoms. The number of carbonyl (C=O) groups is 1. The minimum atomic E-state index is 0.0442. The number of pyridine rings is 2. The van der Waals surface area contributed by atoms with Crippen LogP contribution in [0, 0.1) is 0 Å². The Balaban J connectivity index is 1.61. The summed E-state index contributed by atoms with van der Waals surface area (Å²) in [7, 11) is 1.67. The normalized spacial score (nSPS) is 15.7. The van der Waals surface area contributed by atoms with Crippen molar-refractivity contribution >= 4 is 5.91 Å². The number of nitrogens with zero attached hydrogens (tertiary/aromatic N) is 4. The third-order valence-corrected chi connectivity index (χ3v) is 4.86. The maximum absolute atomic E-state index is 12.9. The number of hydrogen-bond acceptors (Lipinski definition) is 5. The quantitative estimate of drug-likeness (QED) is 0.763. The highest BCUT2D eigenvalue weighted by Gasteiger charge is 2.28. The van der Waals surface area contributed by atoms with Gasteiger partial charge in [-0.1, -0.05) is 0 Å². The summed E-state index contributed by atoms with van der Waals surface area (Å²) in [5.74, 6) is 0.0442. The molecule has 6 nitrogen and oxygen atoms in total. The third kappa shape index (κ3) is 4.86. The zero-order valence-corrected chi connectivity index (χ0v) is 15.3. The zero-order valence-electron chi connectivity index (χ0n) is 15.3. The smallest absolute Gasteiger partial charge is 0.255 e. The van der Waals surface area contributed by atoms with Crippen molar-refractivity contribution in [1.29, 1.82) is 0 Å². The summed E-state index contributed by atoms with van der Waals surface area (Å²) in [6.07, 6.45) is 8.94. The Morgan fingerprint density at radius 3 is 2.62 bits per heavy atom. The molecular weight excluding hydrogens is 328 g/mol. The second-order valence-electron chi connectivity index (χ2n) is 6.60. The van der Waals surface area contributed by atoms with Gasteiger partial charge in [0.2, 0.25) is 0 Å². The lowest BCUT2D eigenvalue weighted by Crippen LogP contribution is -2.48. The van der Waals surface area contributed by atoms with Crippen molar-refractivity contribution in [3.05, 3.63) is 60.2 Å². The molecule has 0 radical (unpaired) electrons. The average molecular weight is 354 g/mol. The lowest BCUT2D eigenvalue weighted by atomic mass is 10.0. The van der Waals surface area contributed by atoms with Crippen molar-refractivity contribution in [1.82, 2.24) is 19.8 Å². The van der Waals surface area contributed by atoms with E-state index < -0.39 is 0 Å². The molecule has 2 aromatic rings. The van der Waals surface area contributed by atoms with Gasteiger partial charge in [-0.3, -0.25) is 19.7 Å². The van der Waals surface area contributed by atoms with E-state index in [9.17, 15) is 4.79 Å². The molecule has 0 bridgehead atoms. The molecule has 26 heavy (non-hydrogen) atoms. The zero-order chi connectivity index (χ0) is 18.2. The summed E-state index contributed by atoms with van der Waals surface area (Å²) in [6.45, 7) is 4.06. The summed E-state index contributed by atoms with van der Waals surface area (Å²) in [4.78, 5) is 25.5. The molecule has 2 aromatic heterocycles. The fraction of sp³-hybridized carbons (Fsp3) is 0.450. The molecule has 0 atom stereocenters. The fourth-order valence-corrected chi connectivity index (χ4v) is 3.43. The molecule has 1 aliphatic heterocycles. The number of likely N-dealkylation sites (tertiary alicyclic amines) is 1. The van der Waals surface area contributed by atoms with E-state index in [1.165, 1.54) is 5.56 Å². The first-order chi connectivity index (χ1) is 12.8. The van der Waals surface area contributed by atoms with Crippen LogP contribution in [0.5, 0.6) is 0 Å². The average Bonchev–Trinajstić information content (AvgIpc) is 2.71. The number of carbonyl (C=O) groups excluding carboxylic acids is 1. The molecule has 3 rings (SSSR count). The van der Waals surface area contributed by atoms with Gasteiger partial charge in [-0.2, -0.15) is 0 Å². The first-order valence-corrected chi connectivity index (χ1v) is 9.09. The Morgan fingerprint density at radius 2 is 1.96 bits per heavy atom.